The highest BCUT2D eigenvalue weighted by atomic mass is 32.1. The zero-order valence-electron chi connectivity index (χ0n) is 16.4. The van der Waals surface area contributed by atoms with E-state index >= 15 is 0 Å². The van der Waals surface area contributed by atoms with Crippen molar-refractivity contribution in [1.82, 2.24) is 25.4 Å². The highest BCUT2D eigenvalue weighted by Crippen LogP contribution is 2.22. The van der Waals surface area contributed by atoms with Gasteiger partial charge in [0.1, 0.15) is 5.01 Å². The van der Waals surface area contributed by atoms with Crippen LogP contribution in [0.2, 0.25) is 0 Å². The van der Waals surface area contributed by atoms with Crippen molar-refractivity contribution < 1.29 is 6.22 Å². The third-order valence-corrected chi connectivity index (χ3v) is 6.01. The maximum absolute atomic E-state index is 12.7. The summed E-state index contributed by atoms with van der Waals surface area (Å²) in [6, 6.07) is 14.0. The van der Waals surface area contributed by atoms with Crippen molar-refractivity contribution in [2.75, 3.05) is 25.0 Å². The molecule has 3 heterocycles. The van der Waals surface area contributed by atoms with Crippen LogP contribution in [-0.4, -0.2) is 52.3 Å². The fourth-order valence-corrected chi connectivity index (χ4v) is 4.26. The van der Waals surface area contributed by atoms with Crippen molar-refractivity contribution in [3.63, 3.8) is 0 Å². The first-order valence-corrected chi connectivity index (χ1v) is 10.6. The topological polar surface area (TPSA) is 74.2 Å². The number of aromatic nitrogens is 3. The Kier molecular flexibility index (Phi) is 6.00. The SMILES string of the molecule is CN(C(=O)NCc1nc(-c2ccccc2)cs1)[C@@H]1CCCN(c2cccnn2)C1.[HH]. The zero-order valence-corrected chi connectivity index (χ0v) is 17.2. The van der Waals surface area contributed by atoms with E-state index in [-0.39, 0.29) is 13.5 Å². The molecule has 1 saturated heterocycles. The molecule has 0 unspecified atom stereocenters. The summed E-state index contributed by atoms with van der Waals surface area (Å²) in [5.41, 5.74) is 2.03. The number of hydrogen-bond acceptors (Lipinski definition) is 6. The van der Waals surface area contributed by atoms with E-state index < -0.39 is 0 Å². The quantitative estimate of drug-likeness (QED) is 0.695. The van der Waals surface area contributed by atoms with Gasteiger partial charge in [0.25, 0.3) is 0 Å². The van der Waals surface area contributed by atoms with Gasteiger partial charge in [-0.25, -0.2) is 9.78 Å². The second-order valence-electron chi connectivity index (χ2n) is 7.09. The van der Waals surface area contributed by atoms with Crippen LogP contribution in [0.3, 0.4) is 0 Å². The number of nitrogens with one attached hydrogen (secondary N) is 1. The van der Waals surface area contributed by atoms with Crippen LogP contribution in [0.5, 0.6) is 0 Å². The third kappa shape index (κ3) is 4.71. The van der Waals surface area contributed by atoms with Crippen LogP contribution in [0.15, 0.2) is 54.0 Å². The second-order valence-corrected chi connectivity index (χ2v) is 8.03. The van der Waals surface area contributed by atoms with E-state index in [1.54, 1.807) is 22.4 Å². The molecule has 1 atom stereocenters. The van der Waals surface area contributed by atoms with Crippen LogP contribution in [0, 0.1) is 0 Å². The molecule has 1 aliphatic rings. The summed E-state index contributed by atoms with van der Waals surface area (Å²) in [7, 11) is 1.86. The fourth-order valence-electron chi connectivity index (χ4n) is 3.52. The van der Waals surface area contributed by atoms with Gasteiger partial charge in [0.15, 0.2) is 5.82 Å². The molecule has 3 aromatic rings. The zero-order chi connectivity index (χ0) is 20.1. The molecule has 1 aliphatic heterocycles. The number of benzene rings is 1. The van der Waals surface area contributed by atoms with Crippen molar-refractivity contribution in [2.45, 2.75) is 25.4 Å². The lowest BCUT2D eigenvalue weighted by Gasteiger charge is -2.37. The predicted molar refractivity (Wildman–Crippen MR) is 117 cm³/mol. The molecule has 4 rings (SSSR count). The van der Waals surface area contributed by atoms with Gasteiger partial charge in [-0.15, -0.1) is 16.4 Å². The summed E-state index contributed by atoms with van der Waals surface area (Å²) >= 11 is 1.56. The Morgan fingerprint density at radius 1 is 1.31 bits per heavy atom. The van der Waals surface area contributed by atoms with Crippen molar-refractivity contribution in [3.05, 3.63) is 59.0 Å². The highest BCUT2D eigenvalue weighted by molar-refractivity contribution is 7.09. The fraction of sp³-hybridized carbons (Fsp3) is 0.333. The second kappa shape index (κ2) is 9.00. The molecule has 1 fully saturated rings. The van der Waals surface area contributed by atoms with Gasteiger partial charge in [0.2, 0.25) is 0 Å². The number of amides is 2. The molecule has 7 nitrogen and oxygen atoms in total. The summed E-state index contributed by atoms with van der Waals surface area (Å²) in [4.78, 5) is 21.3. The normalized spacial score (nSPS) is 16.4. The Labute approximate surface area is 175 Å². The van der Waals surface area contributed by atoms with Crippen molar-refractivity contribution in [1.29, 1.82) is 0 Å². The van der Waals surface area contributed by atoms with Crippen LogP contribution in [-0.2, 0) is 6.54 Å². The first-order valence-electron chi connectivity index (χ1n) is 9.74. The first kappa shape index (κ1) is 19.3. The molecule has 2 amide bonds. The number of likely N-dealkylation sites (N-methyl/N-ethyl adjacent to an activating group) is 1. The molecule has 0 spiro atoms. The molecule has 8 heteroatoms. The molecule has 0 aliphatic carbocycles. The summed E-state index contributed by atoms with van der Waals surface area (Å²) in [5.74, 6) is 0.863. The number of piperidine rings is 1. The number of urea groups is 1. The maximum Gasteiger partial charge on any atom is 0.317 e. The van der Waals surface area contributed by atoms with Crippen LogP contribution in [0.25, 0.3) is 11.3 Å². The van der Waals surface area contributed by atoms with Gasteiger partial charge in [0, 0.05) is 38.7 Å². The van der Waals surface area contributed by atoms with Gasteiger partial charge >= 0.3 is 6.03 Å². The lowest BCUT2D eigenvalue weighted by Crippen LogP contribution is -2.51. The molecule has 0 saturated carbocycles. The van der Waals surface area contributed by atoms with Crippen molar-refractivity contribution in [2.24, 2.45) is 0 Å². The van der Waals surface area contributed by atoms with Crippen LogP contribution in [0.4, 0.5) is 10.6 Å². The minimum atomic E-state index is -0.0764. The van der Waals surface area contributed by atoms with E-state index in [0.717, 1.165) is 48.0 Å². The minimum Gasteiger partial charge on any atom is -0.353 e. The number of hydrogen-bond donors (Lipinski definition) is 1. The lowest BCUT2D eigenvalue weighted by molar-refractivity contribution is 0.182. The van der Waals surface area contributed by atoms with E-state index in [4.69, 9.17) is 0 Å². The Bertz CT molecular complexity index is 939. The first-order chi connectivity index (χ1) is 14.2. The van der Waals surface area contributed by atoms with Gasteiger partial charge in [-0.3, -0.25) is 0 Å². The Morgan fingerprint density at radius 2 is 2.17 bits per heavy atom. The minimum absolute atomic E-state index is 0. The molecular weight excluding hydrogens is 384 g/mol. The average Bonchev–Trinajstić information content (AvgIpc) is 3.27. The van der Waals surface area contributed by atoms with E-state index in [9.17, 15) is 4.79 Å². The van der Waals surface area contributed by atoms with Crippen molar-refractivity contribution in [3.8, 4) is 11.3 Å². The summed E-state index contributed by atoms with van der Waals surface area (Å²) in [6.07, 6.45) is 3.67. The molecule has 1 aromatic carbocycles. The molecule has 0 radical (unpaired) electrons. The third-order valence-electron chi connectivity index (χ3n) is 5.16. The van der Waals surface area contributed by atoms with Gasteiger partial charge in [-0.1, -0.05) is 30.3 Å². The number of rotatable bonds is 5. The van der Waals surface area contributed by atoms with Crippen LogP contribution >= 0.6 is 11.3 Å². The smallest absolute Gasteiger partial charge is 0.317 e. The highest BCUT2D eigenvalue weighted by Gasteiger charge is 2.27. The number of thiazole rings is 1. The van der Waals surface area contributed by atoms with Crippen molar-refractivity contribution >= 4 is 23.2 Å². The summed E-state index contributed by atoms with van der Waals surface area (Å²) < 4.78 is 0. The van der Waals surface area contributed by atoms with E-state index in [2.05, 4.69) is 25.4 Å². The molecule has 0 bridgehead atoms. The molecular formula is C21H26N6OS. The number of anilines is 1. The van der Waals surface area contributed by atoms with Gasteiger partial charge in [-0.2, -0.15) is 5.10 Å². The van der Waals surface area contributed by atoms with E-state index in [1.165, 1.54) is 0 Å². The molecule has 29 heavy (non-hydrogen) atoms. The average molecular weight is 411 g/mol. The standard InChI is InChI=1S/C21H24N6OS.H2/c1-26(17-9-6-12-27(14-17)19-10-5-11-23-25-19)21(28)22-13-20-24-18(15-29-20)16-7-3-2-4-8-16;/h2-5,7-8,10-11,15,17H,6,9,12-14H2,1H3,(H,22,28);1H/t17-;/m1./s1. The number of carbonyl (C=O) groups excluding carboxylic acids is 1. The monoisotopic (exact) mass is 410 g/mol. The maximum atomic E-state index is 12.7. The van der Waals surface area contributed by atoms with Gasteiger partial charge < -0.3 is 15.1 Å². The Balaban J connectivity index is 0.00000256. The van der Waals surface area contributed by atoms with E-state index in [0.29, 0.717) is 6.54 Å². The Hall–Kier alpha value is -3.00. The van der Waals surface area contributed by atoms with E-state index in [1.807, 2.05) is 54.9 Å². The predicted octanol–water partition coefficient (Wildman–Crippen LogP) is 3.66. The van der Waals surface area contributed by atoms with Crippen LogP contribution < -0.4 is 10.2 Å². The van der Waals surface area contributed by atoms with Gasteiger partial charge in [0.05, 0.1) is 18.3 Å². The molecule has 1 N–H and O–H groups in total. The lowest BCUT2D eigenvalue weighted by atomic mass is 10.0. The van der Waals surface area contributed by atoms with Gasteiger partial charge in [-0.05, 0) is 25.0 Å². The molecule has 2 aromatic heterocycles. The Morgan fingerprint density at radius 3 is 2.97 bits per heavy atom. The van der Waals surface area contributed by atoms with Crippen LogP contribution in [0.1, 0.15) is 19.3 Å². The number of carbonyl (C=O) groups is 1. The summed E-state index contributed by atoms with van der Waals surface area (Å²) in [6.45, 7) is 2.13. The largest absolute Gasteiger partial charge is 0.353 e. The molecule has 152 valence electrons. The number of nitrogens with zero attached hydrogens (tertiary/aromatic N) is 5. The summed E-state index contributed by atoms with van der Waals surface area (Å²) in [5, 5.41) is 14.1.